The summed E-state index contributed by atoms with van der Waals surface area (Å²) in [4.78, 5) is 19.9. The number of anilines is 2. The van der Waals surface area contributed by atoms with Crippen LogP contribution < -0.4 is 10.2 Å². The summed E-state index contributed by atoms with van der Waals surface area (Å²) in [6.07, 6.45) is 6.26. The van der Waals surface area contributed by atoms with Gasteiger partial charge in [-0.1, -0.05) is 18.2 Å². The molecule has 0 atom stereocenters. The molecular formula is C26H33N5O2. The molecule has 33 heavy (non-hydrogen) atoms. The Morgan fingerprint density at radius 1 is 1.15 bits per heavy atom. The third-order valence-electron chi connectivity index (χ3n) is 6.27. The van der Waals surface area contributed by atoms with E-state index in [2.05, 4.69) is 20.3 Å². The average Bonchev–Trinajstić information content (AvgIpc) is 3.15. The van der Waals surface area contributed by atoms with Crippen molar-refractivity contribution < 1.29 is 9.90 Å². The molecule has 0 aliphatic carbocycles. The number of nitrogens with zero attached hydrogens (tertiary/aromatic N) is 4. The number of aryl methyl sites for hydroxylation is 1. The number of rotatable bonds is 6. The first-order valence-electron chi connectivity index (χ1n) is 11.6. The Kier molecular flexibility index (Phi) is 6.51. The van der Waals surface area contributed by atoms with Gasteiger partial charge in [0.2, 0.25) is 0 Å². The van der Waals surface area contributed by atoms with Gasteiger partial charge in [-0.05, 0) is 76.6 Å². The maximum absolute atomic E-state index is 12.9. The van der Waals surface area contributed by atoms with Gasteiger partial charge in [0.05, 0.1) is 40.6 Å². The lowest BCUT2D eigenvalue weighted by atomic mass is 9.86. The van der Waals surface area contributed by atoms with E-state index in [1.54, 1.807) is 17.1 Å². The summed E-state index contributed by atoms with van der Waals surface area (Å²) in [5, 5.41) is 17.4. The number of pyridine rings is 1. The van der Waals surface area contributed by atoms with Crippen molar-refractivity contribution in [2.45, 2.75) is 52.6 Å². The molecule has 7 heteroatoms. The highest BCUT2D eigenvalue weighted by Gasteiger charge is 2.26. The summed E-state index contributed by atoms with van der Waals surface area (Å²) in [5.41, 5.74) is 3.33. The lowest BCUT2D eigenvalue weighted by Crippen LogP contribution is -2.37. The zero-order valence-corrected chi connectivity index (χ0v) is 19.9. The predicted molar refractivity (Wildman–Crippen MR) is 131 cm³/mol. The van der Waals surface area contributed by atoms with Gasteiger partial charge in [0, 0.05) is 13.1 Å². The molecule has 3 aromatic rings. The zero-order valence-electron chi connectivity index (χ0n) is 19.9. The van der Waals surface area contributed by atoms with Gasteiger partial charge in [0.25, 0.3) is 5.91 Å². The van der Waals surface area contributed by atoms with Crippen molar-refractivity contribution in [1.29, 1.82) is 0 Å². The molecule has 0 saturated carbocycles. The molecule has 4 rings (SSSR count). The van der Waals surface area contributed by atoms with Crippen LogP contribution >= 0.6 is 0 Å². The highest BCUT2D eigenvalue weighted by Crippen LogP contribution is 2.30. The second-order valence-corrected chi connectivity index (χ2v) is 9.66. The number of hydrogen-bond donors (Lipinski definition) is 2. The summed E-state index contributed by atoms with van der Waals surface area (Å²) in [6, 6.07) is 11.7. The molecule has 1 aliphatic heterocycles. The molecule has 7 nitrogen and oxygen atoms in total. The number of carbonyl (C=O) groups excluding carboxylic acids is 1. The van der Waals surface area contributed by atoms with Crippen LogP contribution in [0.5, 0.6) is 0 Å². The molecule has 0 spiro atoms. The Bertz CT molecular complexity index is 1110. The van der Waals surface area contributed by atoms with Crippen LogP contribution in [0.3, 0.4) is 0 Å². The van der Waals surface area contributed by atoms with Gasteiger partial charge in [0.15, 0.2) is 0 Å². The summed E-state index contributed by atoms with van der Waals surface area (Å²) in [7, 11) is 0. The van der Waals surface area contributed by atoms with E-state index in [4.69, 9.17) is 0 Å². The van der Waals surface area contributed by atoms with Gasteiger partial charge >= 0.3 is 0 Å². The lowest BCUT2D eigenvalue weighted by Gasteiger charge is -2.35. The van der Waals surface area contributed by atoms with E-state index in [1.807, 2.05) is 64.1 Å². The van der Waals surface area contributed by atoms with Crippen molar-refractivity contribution in [3.8, 4) is 5.69 Å². The molecule has 1 fully saturated rings. The van der Waals surface area contributed by atoms with Crippen LogP contribution in [0.2, 0.25) is 0 Å². The number of nitrogens with one attached hydrogen (secondary N) is 1. The first kappa shape index (κ1) is 23.0. The molecule has 1 aromatic carbocycles. The fourth-order valence-electron chi connectivity index (χ4n) is 4.68. The first-order valence-corrected chi connectivity index (χ1v) is 11.6. The molecule has 1 saturated heterocycles. The standard InChI is InChI=1S/C26H33N5O2/c1-18-14-21(16-27-24(18)30-12-10-20(11-13-30)15-26(3,4)33)29-25(32)23-17-28-31(19(23)2)22-8-6-5-7-9-22/h5-9,14,16-17,20,33H,10-13,15H2,1-4H3,(H,29,32). The number of piperidine rings is 1. The number of aromatic nitrogens is 3. The fraction of sp³-hybridized carbons (Fsp3) is 0.423. The molecule has 0 radical (unpaired) electrons. The minimum Gasteiger partial charge on any atom is -0.390 e. The third kappa shape index (κ3) is 5.42. The lowest BCUT2D eigenvalue weighted by molar-refractivity contribution is 0.0482. The van der Waals surface area contributed by atoms with E-state index in [-0.39, 0.29) is 5.91 Å². The average molecular weight is 448 g/mol. The summed E-state index contributed by atoms with van der Waals surface area (Å²) in [6.45, 7) is 9.54. The van der Waals surface area contributed by atoms with E-state index < -0.39 is 5.60 Å². The monoisotopic (exact) mass is 447 g/mol. The quantitative estimate of drug-likeness (QED) is 0.581. The second kappa shape index (κ2) is 9.35. The van der Waals surface area contributed by atoms with Crippen LogP contribution in [-0.4, -0.2) is 44.5 Å². The van der Waals surface area contributed by atoms with Crippen LogP contribution in [-0.2, 0) is 0 Å². The number of hydrogen-bond acceptors (Lipinski definition) is 5. The molecule has 0 bridgehead atoms. The molecule has 1 amide bonds. The summed E-state index contributed by atoms with van der Waals surface area (Å²) in [5.74, 6) is 1.30. The van der Waals surface area contributed by atoms with Crippen molar-refractivity contribution in [3.63, 3.8) is 0 Å². The Hall–Kier alpha value is -3.19. The third-order valence-corrected chi connectivity index (χ3v) is 6.27. The van der Waals surface area contributed by atoms with Crippen LogP contribution in [0.25, 0.3) is 5.69 Å². The van der Waals surface area contributed by atoms with Gasteiger partial charge < -0.3 is 15.3 Å². The number of carbonyl (C=O) groups is 1. The van der Waals surface area contributed by atoms with Crippen molar-refractivity contribution in [1.82, 2.24) is 14.8 Å². The van der Waals surface area contributed by atoms with E-state index >= 15 is 0 Å². The van der Waals surface area contributed by atoms with E-state index in [0.29, 0.717) is 17.2 Å². The number of benzene rings is 1. The second-order valence-electron chi connectivity index (χ2n) is 9.66. The van der Waals surface area contributed by atoms with E-state index in [9.17, 15) is 9.90 Å². The summed E-state index contributed by atoms with van der Waals surface area (Å²) >= 11 is 0. The number of amides is 1. The summed E-state index contributed by atoms with van der Waals surface area (Å²) < 4.78 is 1.77. The van der Waals surface area contributed by atoms with Crippen molar-refractivity contribution in [3.05, 3.63) is 65.6 Å². The van der Waals surface area contributed by atoms with Gasteiger partial charge in [-0.2, -0.15) is 5.10 Å². The minimum absolute atomic E-state index is 0.198. The van der Waals surface area contributed by atoms with Gasteiger partial charge in [-0.15, -0.1) is 0 Å². The molecule has 2 aromatic heterocycles. The number of para-hydroxylation sites is 1. The Morgan fingerprint density at radius 3 is 2.48 bits per heavy atom. The van der Waals surface area contributed by atoms with Crippen molar-refractivity contribution in [2.75, 3.05) is 23.3 Å². The largest absolute Gasteiger partial charge is 0.390 e. The molecule has 174 valence electrons. The fourth-order valence-corrected chi connectivity index (χ4v) is 4.68. The van der Waals surface area contributed by atoms with Crippen LogP contribution in [0.1, 0.15) is 54.7 Å². The molecule has 2 N–H and O–H groups in total. The van der Waals surface area contributed by atoms with Crippen LogP contribution in [0.15, 0.2) is 48.8 Å². The topological polar surface area (TPSA) is 83.3 Å². The SMILES string of the molecule is Cc1cc(NC(=O)c2cnn(-c3ccccc3)c2C)cnc1N1CCC(CC(C)(C)O)CC1. The normalized spacial score (nSPS) is 15.0. The van der Waals surface area contributed by atoms with Crippen molar-refractivity contribution in [2.24, 2.45) is 5.92 Å². The molecule has 1 aliphatic rings. The zero-order chi connectivity index (χ0) is 23.6. The van der Waals surface area contributed by atoms with Crippen LogP contribution in [0.4, 0.5) is 11.5 Å². The Balaban J connectivity index is 1.41. The molecule has 0 unspecified atom stereocenters. The minimum atomic E-state index is -0.614. The predicted octanol–water partition coefficient (Wildman–Crippen LogP) is 4.51. The highest BCUT2D eigenvalue weighted by molar-refractivity contribution is 6.05. The maximum Gasteiger partial charge on any atom is 0.259 e. The van der Waals surface area contributed by atoms with Gasteiger partial charge in [-0.25, -0.2) is 9.67 Å². The van der Waals surface area contributed by atoms with Gasteiger partial charge in [-0.3, -0.25) is 4.79 Å². The smallest absolute Gasteiger partial charge is 0.259 e. The number of aliphatic hydroxyl groups is 1. The van der Waals surface area contributed by atoms with Crippen LogP contribution in [0, 0.1) is 19.8 Å². The van der Waals surface area contributed by atoms with Crippen molar-refractivity contribution >= 4 is 17.4 Å². The first-order chi connectivity index (χ1) is 15.7. The maximum atomic E-state index is 12.9. The molecule has 3 heterocycles. The Morgan fingerprint density at radius 2 is 1.85 bits per heavy atom. The van der Waals surface area contributed by atoms with E-state index in [0.717, 1.165) is 55.1 Å². The van der Waals surface area contributed by atoms with Gasteiger partial charge in [0.1, 0.15) is 5.82 Å². The highest BCUT2D eigenvalue weighted by atomic mass is 16.3. The Labute approximate surface area is 195 Å². The molecular weight excluding hydrogens is 414 g/mol. The van der Waals surface area contributed by atoms with E-state index in [1.165, 1.54) is 0 Å².